The van der Waals surface area contributed by atoms with E-state index in [-0.39, 0.29) is 5.69 Å². The van der Waals surface area contributed by atoms with Crippen LogP contribution in [0.3, 0.4) is 0 Å². The third-order valence-corrected chi connectivity index (χ3v) is 2.81. The second kappa shape index (κ2) is 5.61. The van der Waals surface area contributed by atoms with Crippen molar-refractivity contribution in [2.24, 2.45) is 12.8 Å². The summed E-state index contributed by atoms with van der Waals surface area (Å²) in [6.45, 7) is 0.834. The Kier molecular flexibility index (Phi) is 3.91. The molecule has 2 aromatic heterocycles. The maximum atomic E-state index is 11.6. The highest BCUT2D eigenvalue weighted by atomic mass is 16.5. The number of rotatable bonds is 5. The zero-order valence-corrected chi connectivity index (χ0v) is 10.9. The van der Waals surface area contributed by atoms with Gasteiger partial charge in [-0.1, -0.05) is 5.21 Å². The van der Waals surface area contributed by atoms with Gasteiger partial charge in [0, 0.05) is 25.9 Å². The Morgan fingerprint density at radius 3 is 2.89 bits per heavy atom. The van der Waals surface area contributed by atoms with E-state index in [1.54, 1.807) is 10.9 Å². The Morgan fingerprint density at radius 1 is 1.53 bits per heavy atom. The Bertz CT molecular complexity index is 574. The van der Waals surface area contributed by atoms with E-state index in [9.17, 15) is 4.79 Å². The minimum Gasteiger partial charge on any atom is -0.464 e. The molecule has 19 heavy (non-hydrogen) atoms. The fourth-order valence-electron chi connectivity index (χ4n) is 1.78. The van der Waals surface area contributed by atoms with Gasteiger partial charge < -0.3 is 15.0 Å². The van der Waals surface area contributed by atoms with Crippen LogP contribution in [0, 0.1) is 0 Å². The van der Waals surface area contributed by atoms with E-state index in [1.807, 2.05) is 17.8 Å². The minimum absolute atomic E-state index is 0.210. The highest BCUT2D eigenvalue weighted by molar-refractivity contribution is 5.88. The van der Waals surface area contributed by atoms with Gasteiger partial charge in [0.2, 0.25) is 0 Å². The van der Waals surface area contributed by atoms with Crippen molar-refractivity contribution in [1.29, 1.82) is 0 Å². The van der Waals surface area contributed by atoms with Crippen molar-refractivity contribution in [3.63, 3.8) is 0 Å². The summed E-state index contributed by atoms with van der Waals surface area (Å²) in [5, 5.41) is 7.84. The average Bonchev–Trinajstić information content (AvgIpc) is 2.98. The maximum Gasteiger partial charge on any atom is 0.360 e. The van der Waals surface area contributed by atoms with Crippen molar-refractivity contribution in [3.05, 3.63) is 29.6 Å². The fourth-order valence-corrected chi connectivity index (χ4v) is 1.78. The lowest BCUT2D eigenvalue weighted by atomic mass is 10.2. The van der Waals surface area contributed by atoms with Gasteiger partial charge in [-0.15, -0.1) is 5.10 Å². The first-order chi connectivity index (χ1) is 9.17. The van der Waals surface area contributed by atoms with Crippen molar-refractivity contribution in [1.82, 2.24) is 24.5 Å². The van der Waals surface area contributed by atoms with Crippen molar-refractivity contribution in [3.8, 4) is 0 Å². The summed E-state index contributed by atoms with van der Waals surface area (Å²) in [5.74, 6) is 0.314. The molecule has 0 saturated carbocycles. The third-order valence-electron chi connectivity index (χ3n) is 2.81. The highest BCUT2D eigenvalue weighted by Gasteiger charge is 2.20. The second-order valence-corrected chi connectivity index (χ2v) is 4.03. The van der Waals surface area contributed by atoms with Crippen LogP contribution >= 0.6 is 0 Å². The van der Waals surface area contributed by atoms with E-state index < -0.39 is 5.97 Å². The molecule has 2 rings (SSSR count). The van der Waals surface area contributed by atoms with Crippen LogP contribution < -0.4 is 5.73 Å². The van der Waals surface area contributed by atoms with E-state index in [0.29, 0.717) is 25.2 Å². The van der Waals surface area contributed by atoms with Crippen molar-refractivity contribution >= 4 is 5.97 Å². The van der Waals surface area contributed by atoms with E-state index >= 15 is 0 Å². The number of methoxy groups -OCH3 is 1. The normalized spacial score (nSPS) is 10.7. The number of aryl methyl sites for hydroxylation is 1. The molecule has 2 N–H and O–H groups in total. The molecule has 0 amide bonds. The number of nitrogens with two attached hydrogens (primary N) is 1. The van der Waals surface area contributed by atoms with Gasteiger partial charge in [0.25, 0.3) is 0 Å². The summed E-state index contributed by atoms with van der Waals surface area (Å²) in [4.78, 5) is 15.8. The van der Waals surface area contributed by atoms with Gasteiger partial charge in [0.05, 0.1) is 12.8 Å². The Morgan fingerprint density at radius 2 is 2.32 bits per heavy atom. The maximum absolute atomic E-state index is 11.6. The van der Waals surface area contributed by atoms with E-state index in [1.165, 1.54) is 7.11 Å². The topological polar surface area (TPSA) is 101 Å². The summed E-state index contributed by atoms with van der Waals surface area (Å²) in [6, 6.07) is 0. The first-order valence-corrected chi connectivity index (χ1v) is 5.84. The smallest absolute Gasteiger partial charge is 0.360 e. The van der Waals surface area contributed by atoms with Gasteiger partial charge in [-0.25, -0.2) is 14.5 Å². The van der Waals surface area contributed by atoms with Crippen LogP contribution in [0.4, 0.5) is 0 Å². The van der Waals surface area contributed by atoms with E-state index in [0.717, 1.165) is 5.82 Å². The molecule has 8 nitrogen and oxygen atoms in total. The first-order valence-electron chi connectivity index (χ1n) is 5.84. The van der Waals surface area contributed by atoms with Gasteiger partial charge >= 0.3 is 5.97 Å². The lowest BCUT2D eigenvalue weighted by Crippen LogP contribution is -2.16. The number of hydrogen-bond acceptors (Lipinski definition) is 6. The molecule has 102 valence electrons. The van der Waals surface area contributed by atoms with Crippen LogP contribution in [0.25, 0.3) is 0 Å². The summed E-state index contributed by atoms with van der Waals surface area (Å²) >= 11 is 0. The zero-order chi connectivity index (χ0) is 13.8. The first kappa shape index (κ1) is 13.2. The predicted octanol–water partition coefficient (Wildman–Crippen LogP) is -0.652. The van der Waals surface area contributed by atoms with Gasteiger partial charge in [0.15, 0.2) is 5.69 Å². The van der Waals surface area contributed by atoms with Crippen LogP contribution in [0.5, 0.6) is 0 Å². The van der Waals surface area contributed by atoms with Crippen LogP contribution in [0.1, 0.15) is 22.0 Å². The standard InChI is InChI=1S/C11H16N6O2/c1-16-6-5-13-9(16)7-17-8(3-4-12)10(14-15-17)11(18)19-2/h5-6H,3-4,7,12H2,1-2H3. The molecule has 0 aliphatic rings. The van der Waals surface area contributed by atoms with Crippen LogP contribution in [0.2, 0.25) is 0 Å². The molecule has 0 aromatic carbocycles. The molecule has 0 radical (unpaired) electrons. The molecule has 2 heterocycles. The average molecular weight is 264 g/mol. The van der Waals surface area contributed by atoms with Crippen molar-refractivity contribution in [2.75, 3.05) is 13.7 Å². The molecule has 0 fully saturated rings. The van der Waals surface area contributed by atoms with Crippen molar-refractivity contribution < 1.29 is 9.53 Å². The number of carbonyl (C=O) groups is 1. The molecule has 8 heteroatoms. The van der Waals surface area contributed by atoms with Crippen LogP contribution in [-0.2, 0) is 24.8 Å². The monoisotopic (exact) mass is 264 g/mol. The summed E-state index contributed by atoms with van der Waals surface area (Å²) in [6.07, 6.45) is 4.05. The number of esters is 1. The van der Waals surface area contributed by atoms with E-state index in [4.69, 9.17) is 5.73 Å². The fraction of sp³-hybridized carbons (Fsp3) is 0.455. The predicted molar refractivity (Wildman–Crippen MR) is 66.4 cm³/mol. The number of imidazole rings is 1. The molecule has 0 unspecified atom stereocenters. The third kappa shape index (κ3) is 2.63. The molecule has 0 aliphatic heterocycles. The number of hydrogen-bond donors (Lipinski definition) is 1. The lowest BCUT2D eigenvalue weighted by molar-refractivity contribution is 0.0592. The molecule has 0 atom stereocenters. The minimum atomic E-state index is -0.505. The van der Waals surface area contributed by atoms with Gasteiger partial charge in [-0.3, -0.25) is 0 Å². The largest absolute Gasteiger partial charge is 0.464 e. The van der Waals surface area contributed by atoms with Crippen molar-refractivity contribution in [2.45, 2.75) is 13.0 Å². The quantitative estimate of drug-likeness (QED) is 0.720. The van der Waals surface area contributed by atoms with Gasteiger partial charge in [-0.05, 0) is 6.54 Å². The van der Waals surface area contributed by atoms with E-state index in [2.05, 4.69) is 20.0 Å². The molecule has 2 aromatic rings. The Balaban J connectivity index is 2.32. The SMILES string of the molecule is COC(=O)c1nnn(Cc2nccn2C)c1CCN. The Labute approximate surface area is 110 Å². The van der Waals surface area contributed by atoms with Crippen LogP contribution in [0.15, 0.2) is 12.4 Å². The number of carbonyl (C=O) groups excluding carboxylic acids is 1. The van der Waals surface area contributed by atoms with Gasteiger partial charge in [0.1, 0.15) is 12.4 Å². The number of aromatic nitrogens is 5. The molecular formula is C11H16N6O2. The molecular weight excluding hydrogens is 248 g/mol. The van der Waals surface area contributed by atoms with Gasteiger partial charge in [-0.2, -0.15) is 0 Å². The second-order valence-electron chi connectivity index (χ2n) is 4.03. The number of ether oxygens (including phenoxy) is 1. The molecule has 0 aliphatic carbocycles. The molecule has 0 spiro atoms. The summed E-state index contributed by atoms with van der Waals surface area (Å²) in [7, 11) is 3.20. The summed E-state index contributed by atoms with van der Waals surface area (Å²) in [5.41, 5.74) is 6.44. The molecule has 0 bridgehead atoms. The molecule has 0 saturated heterocycles. The van der Waals surface area contributed by atoms with Crippen LogP contribution in [-0.4, -0.2) is 44.2 Å². The highest BCUT2D eigenvalue weighted by Crippen LogP contribution is 2.09. The Hall–Kier alpha value is -2.22. The number of nitrogens with zero attached hydrogens (tertiary/aromatic N) is 5. The lowest BCUT2D eigenvalue weighted by Gasteiger charge is -2.06. The summed E-state index contributed by atoms with van der Waals surface area (Å²) < 4.78 is 8.19. The zero-order valence-electron chi connectivity index (χ0n) is 10.9.